The predicted octanol–water partition coefficient (Wildman–Crippen LogP) is 4.10. The van der Waals surface area contributed by atoms with Crippen LogP contribution in [0.1, 0.15) is 43.5 Å². The number of sulfonamides is 1. The Kier molecular flexibility index (Phi) is 9.01. The first-order valence-corrected chi connectivity index (χ1v) is 11.9. The van der Waals surface area contributed by atoms with Crippen LogP contribution in [0.5, 0.6) is 0 Å². The first kappa shape index (κ1) is 24.0. The van der Waals surface area contributed by atoms with Crippen LogP contribution in [-0.2, 0) is 19.6 Å². The Morgan fingerprint density at radius 3 is 2.43 bits per heavy atom. The number of nitrogens with one attached hydrogen (secondary N) is 2. The Hall–Kier alpha value is -2.23. The van der Waals surface area contributed by atoms with Gasteiger partial charge in [0.05, 0.1) is 17.1 Å². The van der Waals surface area contributed by atoms with E-state index in [4.69, 9.17) is 4.74 Å². The Balaban J connectivity index is 2.18. The van der Waals surface area contributed by atoms with Gasteiger partial charge in [-0.2, -0.15) is 4.72 Å². The molecule has 0 bridgehead atoms. The van der Waals surface area contributed by atoms with Crippen molar-refractivity contribution in [3.63, 3.8) is 0 Å². The molecule has 1 amide bonds. The van der Waals surface area contributed by atoms with Gasteiger partial charge in [-0.25, -0.2) is 13.2 Å². The second kappa shape index (κ2) is 11.2. The fourth-order valence-corrected chi connectivity index (χ4v) is 4.18. The molecule has 1 atom stereocenters. The molecule has 0 heterocycles. The first-order chi connectivity index (χ1) is 14.3. The molecule has 0 unspecified atom stereocenters. The van der Waals surface area contributed by atoms with Crippen molar-refractivity contribution >= 4 is 43.5 Å². The maximum atomic E-state index is 12.8. The standard InChI is InChI=1S/C21H25BrN2O5S/c1-3-5-9-19(24-30(27,28)18-12-10-16(22)11-13-18)20(25)23-17-8-6-7-15(14-17)21(26)29-4-2/h6-8,10-14,19,24H,3-5,9H2,1-2H3,(H,23,25)/t19-/m0/s1. The highest BCUT2D eigenvalue weighted by Crippen LogP contribution is 2.17. The van der Waals surface area contributed by atoms with Crippen molar-refractivity contribution in [3.05, 3.63) is 58.6 Å². The summed E-state index contributed by atoms with van der Waals surface area (Å²) in [5, 5.41) is 2.69. The third kappa shape index (κ3) is 6.93. The van der Waals surface area contributed by atoms with Gasteiger partial charge in [-0.1, -0.05) is 41.8 Å². The van der Waals surface area contributed by atoms with Crippen LogP contribution < -0.4 is 10.0 Å². The van der Waals surface area contributed by atoms with Gasteiger partial charge in [0.25, 0.3) is 0 Å². The number of carbonyl (C=O) groups is 2. The monoisotopic (exact) mass is 496 g/mol. The molecule has 2 aromatic carbocycles. The highest BCUT2D eigenvalue weighted by Gasteiger charge is 2.25. The van der Waals surface area contributed by atoms with Crippen LogP contribution >= 0.6 is 15.9 Å². The van der Waals surface area contributed by atoms with Gasteiger partial charge in [-0.3, -0.25) is 4.79 Å². The molecule has 0 saturated heterocycles. The number of amides is 1. The van der Waals surface area contributed by atoms with Crippen molar-refractivity contribution in [1.29, 1.82) is 0 Å². The number of ether oxygens (including phenoxy) is 1. The molecule has 30 heavy (non-hydrogen) atoms. The van der Waals surface area contributed by atoms with Crippen LogP contribution in [-0.4, -0.2) is 32.9 Å². The third-order valence-corrected chi connectivity index (χ3v) is 6.24. The van der Waals surface area contributed by atoms with E-state index < -0.39 is 27.9 Å². The minimum atomic E-state index is -3.88. The zero-order valence-corrected chi connectivity index (χ0v) is 19.3. The van der Waals surface area contributed by atoms with Gasteiger partial charge in [0.1, 0.15) is 6.04 Å². The molecule has 0 saturated carbocycles. The van der Waals surface area contributed by atoms with Crippen molar-refractivity contribution in [2.45, 2.75) is 44.0 Å². The Morgan fingerprint density at radius 2 is 1.80 bits per heavy atom. The van der Waals surface area contributed by atoms with E-state index in [9.17, 15) is 18.0 Å². The van der Waals surface area contributed by atoms with Crippen molar-refractivity contribution in [3.8, 4) is 0 Å². The molecule has 0 aliphatic heterocycles. The number of unbranched alkanes of at least 4 members (excludes halogenated alkanes) is 1. The lowest BCUT2D eigenvalue weighted by atomic mass is 10.1. The lowest BCUT2D eigenvalue weighted by Gasteiger charge is -2.18. The molecule has 2 aromatic rings. The van der Waals surface area contributed by atoms with E-state index in [1.807, 2.05) is 6.92 Å². The van der Waals surface area contributed by atoms with Crippen LogP contribution in [0, 0.1) is 0 Å². The number of esters is 1. The second-order valence-corrected chi connectivity index (χ2v) is 9.19. The van der Waals surface area contributed by atoms with E-state index >= 15 is 0 Å². The average Bonchev–Trinajstić information content (AvgIpc) is 2.71. The summed E-state index contributed by atoms with van der Waals surface area (Å²) in [6.45, 7) is 3.91. The first-order valence-electron chi connectivity index (χ1n) is 9.62. The Morgan fingerprint density at radius 1 is 1.10 bits per heavy atom. The Bertz CT molecular complexity index is 977. The van der Waals surface area contributed by atoms with E-state index in [1.54, 1.807) is 37.3 Å². The van der Waals surface area contributed by atoms with E-state index in [-0.39, 0.29) is 11.5 Å². The van der Waals surface area contributed by atoms with Gasteiger partial charge in [0.2, 0.25) is 15.9 Å². The minimum absolute atomic E-state index is 0.0734. The quantitative estimate of drug-likeness (QED) is 0.482. The van der Waals surface area contributed by atoms with Gasteiger partial charge >= 0.3 is 5.97 Å². The van der Waals surface area contributed by atoms with E-state index in [0.717, 1.165) is 10.9 Å². The zero-order valence-electron chi connectivity index (χ0n) is 16.9. The molecule has 0 fully saturated rings. The number of rotatable bonds is 10. The number of carbonyl (C=O) groups excluding carboxylic acids is 2. The molecule has 0 spiro atoms. The van der Waals surface area contributed by atoms with Gasteiger partial charge in [0.15, 0.2) is 0 Å². The van der Waals surface area contributed by atoms with Crippen molar-refractivity contribution in [2.75, 3.05) is 11.9 Å². The number of halogens is 1. The number of hydrogen-bond acceptors (Lipinski definition) is 5. The SMILES string of the molecule is CCCC[C@H](NS(=O)(=O)c1ccc(Br)cc1)C(=O)Nc1cccc(C(=O)OCC)c1. The lowest BCUT2D eigenvalue weighted by Crippen LogP contribution is -2.43. The molecule has 0 radical (unpaired) electrons. The number of anilines is 1. The maximum absolute atomic E-state index is 12.8. The van der Waals surface area contributed by atoms with E-state index in [2.05, 4.69) is 26.0 Å². The van der Waals surface area contributed by atoms with Crippen molar-refractivity contribution in [2.24, 2.45) is 0 Å². The normalized spacial score (nSPS) is 12.2. The average molecular weight is 497 g/mol. The number of hydrogen-bond donors (Lipinski definition) is 2. The smallest absolute Gasteiger partial charge is 0.338 e. The van der Waals surface area contributed by atoms with Gasteiger partial charge in [0, 0.05) is 10.2 Å². The third-order valence-electron chi connectivity index (χ3n) is 4.23. The summed E-state index contributed by atoms with van der Waals surface area (Å²) < 4.78 is 33.7. The molecular formula is C21H25BrN2O5S. The Labute approximate surface area is 185 Å². The zero-order chi connectivity index (χ0) is 22.1. The minimum Gasteiger partial charge on any atom is -0.462 e. The maximum Gasteiger partial charge on any atom is 0.338 e. The van der Waals surface area contributed by atoms with Crippen LogP contribution in [0.3, 0.4) is 0 Å². The molecule has 2 N–H and O–H groups in total. The van der Waals surface area contributed by atoms with Gasteiger partial charge in [-0.05, 0) is 55.8 Å². The fraction of sp³-hybridized carbons (Fsp3) is 0.333. The second-order valence-electron chi connectivity index (χ2n) is 6.56. The molecule has 2 rings (SSSR count). The molecular weight excluding hydrogens is 472 g/mol. The van der Waals surface area contributed by atoms with Gasteiger partial charge < -0.3 is 10.1 Å². The fourth-order valence-electron chi connectivity index (χ4n) is 2.69. The molecule has 7 nitrogen and oxygen atoms in total. The summed E-state index contributed by atoms with van der Waals surface area (Å²) in [7, 11) is -3.88. The summed E-state index contributed by atoms with van der Waals surface area (Å²) in [5.41, 5.74) is 0.685. The van der Waals surface area contributed by atoms with Crippen LogP contribution in [0.25, 0.3) is 0 Å². The summed E-state index contributed by atoms with van der Waals surface area (Å²) in [6, 6.07) is 11.5. The predicted molar refractivity (Wildman–Crippen MR) is 119 cm³/mol. The molecule has 162 valence electrons. The summed E-state index contributed by atoms with van der Waals surface area (Å²) >= 11 is 3.27. The molecule has 0 aliphatic rings. The van der Waals surface area contributed by atoms with Crippen molar-refractivity contribution < 1.29 is 22.7 Å². The van der Waals surface area contributed by atoms with Crippen molar-refractivity contribution in [1.82, 2.24) is 4.72 Å². The summed E-state index contributed by atoms with van der Waals surface area (Å²) in [6.07, 6.45) is 1.82. The number of benzene rings is 2. The lowest BCUT2D eigenvalue weighted by molar-refractivity contribution is -0.117. The largest absolute Gasteiger partial charge is 0.462 e. The van der Waals surface area contributed by atoms with E-state index in [0.29, 0.717) is 24.1 Å². The highest BCUT2D eigenvalue weighted by molar-refractivity contribution is 9.10. The summed E-state index contributed by atoms with van der Waals surface area (Å²) in [5.74, 6) is -0.989. The molecule has 0 aliphatic carbocycles. The highest BCUT2D eigenvalue weighted by atomic mass is 79.9. The van der Waals surface area contributed by atoms with Gasteiger partial charge in [-0.15, -0.1) is 0 Å². The topological polar surface area (TPSA) is 102 Å². The van der Waals surface area contributed by atoms with Crippen LogP contribution in [0.2, 0.25) is 0 Å². The summed E-state index contributed by atoms with van der Waals surface area (Å²) in [4.78, 5) is 24.8. The van der Waals surface area contributed by atoms with E-state index in [1.165, 1.54) is 18.2 Å². The van der Waals surface area contributed by atoms with Crippen LogP contribution in [0.4, 0.5) is 5.69 Å². The van der Waals surface area contributed by atoms with Crippen LogP contribution in [0.15, 0.2) is 57.9 Å². The molecule has 9 heteroatoms. The molecule has 0 aromatic heterocycles.